The van der Waals surface area contributed by atoms with Gasteiger partial charge in [-0.1, -0.05) is 5.16 Å². The van der Waals surface area contributed by atoms with Gasteiger partial charge < -0.3 is 14.9 Å². The van der Waals surface area contributed by atoms with E-state index in [2.05, 4.69) is 20.0 Å². The molecule has 0 aromatic carbocycles. The summed E-state index contributed by atoms with van der Waals surface area (Å²) in [5, 5.41) is 16.4. The lowest BCUT2D eigenvalue weighted by Crippen LogP contribution is -2.35. The minimum absolute atomic E-state index is 0.193. The van der Waals surface area contributed by atoms with Crippen molar-refractivity contribution in [1.82, 2.24) is 15.5 Å². The Bertz CT molecular complexity index is 250. The number of rotatable bonds is 3. The monoisotopic (exact) mass is 183 g/mol. The smallest absolute Gasteiger partial charge is 0.213 e. The van der Waals surface area contributed by atoms with E-state index >= 15 is 0 Å². The highest BCUT2D eigenvalue weighted by atomic mass is 16.5. The summed E-state index contributed by atoms with van der Waals surface area (Å²) in [7, 11) is 0. The number of aromatic nitrogens is 2. The fraction of sp³-hybridized carbons (Fsp3) is 0.750. The molecule has 2 N–H and O–H groups in total. The number of hydrogen-bond acceptors (Lipinski definition) is 5. The van der Waals surface area contributed by atoms with E-state index in [9.17, 15) is 5.11 Å². The average Bonchev–Trinajstić information content (AvgIpc) is 2.72. The van der Waals surface area contributed by atoms with Gasteiger partial charge in [-0.2, -0.15) is 4.98 Å². The highest BCUT2D eigenvalue weighted by Crippen LogP contribution is 2.18. The normalized spacial score (nSPS) is 28.1. The van der Waals surface area contributed by atoms with Crippen LogP contribution in [0, 0.1) is 0 Å². The van der Waals surface area contributed by atoms with Gasteiger partial charge in [-0.3, -0.25) is 0 Å². The molecular formula is C8H13N3O2. The van der Waals surface area contributed by atoms with E-state index in [1.165, 1.54) is 6.39 Å². The van der Waals surface area contributed by atoms with Gasteiger partial charge in [-0.25, -0.2) is 0 Å². The van der Waals surface area contributed by atoms with Gasteiger partial charge in [0, 0.05) is 6.04 Å². The molecule has 0 saturated heterocycles. The summed E-state index contributed by atoms with van der Waals surface area (Å²) < 4.78 is 4.59. The Kier molecular flexibility index (Phi) is 2.56. The van der Waals surface area contributed by atoms with Crippen LogP contribution in [0.2, 0.25) is 0 Å². The number of nitrogens with zero attached hydrogens (tertiary/aromatic N) is 2. The number of aliphatic hydroxyl groups excluding tert-OH is 1. The summed E-state index contributed by atoms with van der Waals surface area (Å²) in [4.78, 5) is 3.88. The molecule has 5 nitrogen and oxygen atoms in total. The summed E-state index contributed by atoms with van der Waals surface area (Å²) in [6.07, 6.45) is 4.10. The lowest BCUT2D eigenvalue weighted by atomic mass is 10.2. The van der Waals surface area contributed by atoms with E-state index < -0.39 is 0 Å². The summed E-state index contributed by atoms with van der Waals surface area (Å²) in [5.74, 6) is 0.638. The van der Waals surface area contributed by atoms with Gasteiger partial charge in [0.2, 0.25) is 6.39 Å². The van der Waals surface area contributed by atoms with Crippen LogP contribution in [0.4, 0.5) is 0 Å². The first-order valence-electron chi connectivity index (χ1n) is 4.53. The molecule has 0 aliphatic heterocycles. The van der Waals surface area contributed by atoms with Crippen molar-refractivity contribution >= 4 is 0 Å². The third-order valence-electron chi connectivity index (χ3n) is 2.41. The topological polar surface area (TPSA) is 71.2 Å². The first-order chi connectivity index (χ1) is 6.36. The van der Waals surface area contributed by atoms with Crippen LogP contribution in [0.15, 0.2) is 10.9 Å². The molecule has 13 heavy (non-hydrogen) atoms. The molecule has 0 bridgehead atoms. The zero-order valence-electron chi connectivity index (χ0n) is 7.31. The van der Waals surface area contributed by atoms with Crippen molar-refractivity contribution in [3.05, 3.63) is 12.2 Å². The van der Waals surface area contributed by atoms with Crippen molar-refractivity contribution in [1.29, 1.82) is 0 Å². The van der Waals surface area contributed by atoms with Crippen molar-refractivity contribution in [2.45, 2.75) is 38.0 Å². The summed E-state index contributed by atoms with van der Waals surface area (Å²) in [6, 6.07) is 0.193. The molecule has 2 rings (SSSR count). The van der Waals surface area contributed by atoms with Gasteiger partial charge in [0.25, 0.3) is 0 Å². The molecule has 5 heteroatoms. The van der Waals surface area contributed by atoms with Crippen LogP contribution in [0.5, 0.6) is 0 Å². The molecule has 1 aliphatic rings. The zero-order chi connectivity index (χ0) is 9.10. The van der Waals surface area contributed by atoms with Crippen molar-refractivity contribution in [3.8, 4) is 0 Å². The Hall–Kier alpha value is -0.940. The highest BCUT2D eigenvalue weighted by Gasteiger charge is 2.24. The van der Waals surface area contributed by atoms with E-state index in [1.54, 1.807) is 0 Å². The molecule has 2 atom stereocenters. The largest absolute Gasteiger partial charge is 0.392 e. The Morgan fingerprint density at radius 3 is 3.15 bits per heavy atom. The molecular weight excluding hydrogens is 170 g/mol. The lowest BCUT2D eigenvalue weighted by Gasteiger charge is -2.14. The van der Waals surface area contributed by atoms with E-state index in [4.69, 9.17) is 0 Å². The molecule has 1 aliphatic carbocycles. The zero-order valence-corrected chi connectivity index (χ0v) is 7.31. The van der Waals surface area contributed by atoms with E-state index in [-0.39, 0.29) is 12.1 Å². The molecule has 1 fully saturated rings. The molecule has 0 amide bonds. The standard InChI is InChI=1S/C8H13N3O2/c12-7-3-1-2-6(7)9-4-8-10-5-13-11-8/h5-7,9,12H,1-4H2/t6-,7-/m1/s1. The van der Waals surface area contributed by atoms with Crippen LogP contribution in [-0.4, -0.2) is 27.4 Å². The maximum absolute atomic E-state index is 9.49. The fourth-order valence-electron chi connectivity index (χ4n) is 1.67. The Morgan fingerprint density at radius 1 is 1.62 bits per heavy atom. The first-order valence-corrected chi connectivity index (χ1v) is 4.53. The van der Waals surface area contributed by atoms with Crippen molar-refractivity contribution in [2.24, 2.45) is 0 Å². The summed E-state index contributed by atoms with van der Waals surface area (Å²) >= 11 is 0. The van der Waals surface area contributed by atoms with Crippen LogP contribution in [-0.2, 0) is 6.54 Å². The Balaban J connectivity index is 1.79. The van der Waals surface area contributed by atoms with E-state index in [0.717, 1.165) is 19.3 Å². The van der Waals surface area contributed by atoms with Gasteiger partial charge in [0.1, 0.15) is 0 Å². The molecule has 0 spiro atoms. The second kappa shape index (κ2) is 3.85. The van der Waals surface area contributed by atoms with E-state index in [0.29, 0.717) is 12.4 Å². The Morgan fingerprint density at radius 2 is 2.54 bits per heavy atom. The SMILES string of the molecule is O[C@@H]1CCC[C@H]1NCc1ncon1. The first kappa shape index (κ1) is 8.65. The predicted octanol–water partition coefficient (Wildman–Crippen LogP) is 0.0726. The predicted molar refractivity (Wildman–Crippen MR) is 44.8 cm³/mol. The van der Waals surface area contributed by atoms with Crippen LogP contribution < -0.4 is 5.32 Å². The van der Waals surface area contributed by atoms with Gasteiger partial charge in [0.15, 0.2) is 5.82 Å². The molecule has 1 heterocycles. The van der Waals surface area contributed by atoms with Gasteiger partial charge in [-0.05, 0) is 19.3 Å². The summed E-state index contributed by atoms with van der Waals surface area (Å²) in [6.45, 7) is 0.568. The quantitative estimate of drug-likeness (QED) is 0.694. The van der Waals surface area contributed by atoms with Crippen molar-refractivity contribution in [3.63, 3.8) is 0 Å². The molecule has 72 valence electrons. The van der Waals surface area contributed by atoms with Crippen LogP contribution in [0.3, 0.4) is 0 Å². The molecule has 0 unspecified atom stereocenters. The van der Waals surface area contributed by atoms with Crippen LogP contribution in [0.25, 0.3) is 0 Å². The number of hydrogen-bond donors (Lipinski definition) is 2. The van der Waals surface area contributed by atoms with Crippen molar-refractivity contribution < 1.29 is 9.63 Å². The minimum atomic E-state index is -0.216. The molecule has 0 radical (unpaired) electrons. The third kappa shape index (κ3) is 2.05. The fourth-order valence-corrected chi connectivity index (χ4v) is 1.67. The second-order valence-electron chi connectivity index (χ2n) is 3.33. The third-order valence-corrected chi connectivity index (χ3v) is 2.41. The van der Waals surface area contributed by atoms with Crippen LogP contribution in [0.1, 0.15) is 25.1 Å². The second-order valence-corrected chi connectivity index (χ2v) is 3.33. The highest BCUT2D eigenvalue weighted by molar-refractivity contribution is 4.85. The molecule has 1 aromatic rings. The van der Waals surface area contributed by atoms with Crippen molar-refractivity contribution in [2.75, 3.05) is 0 Å². The maximum Gasteiger partial charge on any atom is 0.213 e. The lowest BCUT2D eigenvalue weighted by molar-refractivity contribution is 0.148. The maximum atomic E-state index is 9.49. The molecule has 1 aromatic heterocycles. The number of aliphatic hydroxyl groups is 1. The average molecular weight is 183 g/mol. The van der Waals surface area contributed by atoms with Crippen LogP contribution >= 0.6 is 0 Å². The van der Waals surface area contributed by atoms with Gasteiger partial charge >= 0.3 is 0 Å². The number of nitrogens with one attached hydrogen (secondary N) is 1. The van der Waals surface area contributed by atoms with E-state index in [1.807, 2.05) is 0 Å². The molecule has 1 saturated carbocycles. The minimum Gasteiger partial charge on any atom is -0.392 e. The Labute approximate surface area is 76.1 Å². The summed E-state index contributed by atoms with van der Waals surface area (Å²) in [5.41, 5.74) is 0. The van der Waals surface area contributed by atoms with Gasteiger partial charge in [-0.15, -0.1) is 0 Å². The van der Waals surface area contributed by atoms with Gasteiger partial charge in [0.05, 0.1) is 12.6 Å².